The Hall–Kier alpha value is -3.61. The Bertz CT molecular complexity index is 1540. The van der Waals surface area contributed by atoms with Gasteiger partial charge in [0.05, 0.1) is 0 Å². The van der Waals surface area contributed by atoms with Crippen molar-refractivity contribution in [2.75, 3.05) is 0 Å². The molecule has 6 aromatic rings. The number of hydrogen-bond donors (Lipinski definition) is 0. The Kier molecular flexibility index (Phi) is 4.89. The molecule has 6 aromatic carbocycles. The molecule has 0 unspecified atom stereocenters. The highest BCUT2D eigenvalue weighted by Crippen LogP contribution is 2.38. The minimum Gasteiger partial charge on any atom is -0.207 e. The second-order valence-corrected chi connectivity index (χ2v) is 10.3. The third kappa shape index (κ3) is 3.48. The average molecular weight is 448 g/mol. The standard InChI is InChI=1S/C30H19F2P/c31-20-9-13-22(14-10-20)33(23-15-11-21(32)12-16-23)24-17-18-29-27-7-2-1-5-25(27)26-6-3-4-8-28(26)30(29)19-24/h1-19H. The fraction of sp³-hybridized carbons (Fsp3) is 0. The Morgan fingerprint density at radius 1 is 0.364 bits per heavy atom. The van der Waals surface area contributed by atoms with Crippen LogP contribution in [0.1, 0.15) is 0 Å². The maximum atomic E-state index is 13.7. The smallest absolute Gasteiger partial charge is 0.123 e. The number of benzene rings is 6. The molecular weight excluding hydrogens is 429 g/mol. The molecule has 0 heterocycles. The van der Waals surface area contributed by atoms with Crippen LogP contribution in [0.25, 0.3) is 32.3 Å². The van der Waals surface area contributed by atoms with Crippen molar-refractivity contribution >= 4 is 56.2 Å². The third-order valence-corrected chi connectivity index (χ3v) is 8.58. The molecule has 0 amide bonds. The van der Waals surface area contributed by atoms with Crippen molar-refractivity contribution in [1.82, 2.24) is 0 Å². The molecule has 3 heteroatoms. The van der Waals surface area contributed by atoms with Gasteiger partial charge in [-0.05, 0) is 86.5 Å². The summed E-state index contributed by atoms with van der Waals surface area (Å²) in [4.78, 5) is 0. The molecule has 0 atom stereocenters. The zero-order valence-corrected chi connectivity index (χ0v) is 18.6. The van der Waals surface area contributed by atoms with E-state index in [-0.39, 0.29) is 11.6 Å². The lowest BCUT2D eigenvalue weighted by Gasteiger charge is -2.21. The number of hydrogen-bond acceptors (Lipinski definition) is 0. The maximum Gasteiger partial charge on any atom is 0.123 e. The lowest BCUT2D eigenvalue weighted by molar-refractivity contribution is 0.628. The Morgan fingerprint density at radius 3 is 1.18 bits per heavy atom. The van der Waals surface area contributed by atoms with Gasteiger partial charge in [-0.2, -0.15) is 0 Å². The Morgan fingerprint density at radius 2 is 0.727 bits per heavy atom. The van der Waals surface area contributed by atoms with Crippen LogP contribution in [0.4, 0.5) is 8.78 Å². The summed E-state index contributed by atoms with van der Waals surface area (Å²) in [6.07, 6.45) is 0. The zero-order chi connectivity index (χ0) is 22.4. The summed E-state index contributed by atoms with van der Waals surface area (Å²) in [5.74, 6) is -0.521. The summed E-state index contributed by atoms with van der Waals surface area (Å²) in [5, 5.41) is 10.5. The third-order valence-electron chi connectivity index (χ3n) is 6.16. The van der Waals surface area contributed by atoms with E-state index in [1.54, 1.807) is 0 Å². The largest absolute Gasteiger partial charge is 0.207 e. The molecule has 0 bridgehead atoms. The quantitative estimate of drug-likeness (QED) is 0.199. The lowest BCUT2D eigenvalue weighted by Crippen LogP contribution is -2.20. The molecule has 0 spiro atoms. The molecular formula is C30H19F2P. The molecule has 33 heavy (non-hydrogen) atoms. The first-order valence-electron chi connectivity index (χ1n) is 10.8. The Balaban J connectivity index is 1.65. The van der Waals surface area contributed by atoms with Crippen molar-refractivity contribution in [3.05, 3.63) is 127 Å². The molecule has 0 aliphatic heterocycles. The van der Waals surface area contributed by atoms with Crippen molar-refractivity contribution < 1.29 is 8.78 Å². The van der Waals surface area contributed by atoms with Gasteiger partial charge in [0.25, 0.3) is 0 Å². The van der Waals surface area contributed by atoms with Crippen LogP contribution >= 0.6 is 7.92 Å². The van der Waals surface area contributed by atoms with Crippen LogP contribution in [0.3, 0.4) is 0 Å². The van der Waals surface area contributed by atoms with Crippen LogP contribution in [0, 0.1) is 11.6 Å². The molecule has 0 aliphatic rings. The molecule has 0 saturated heterocycles. The minimum absolute atomic E-state index is 0.260. The molecule has 0 aliphatic carbocycles. The predicted octanol–water partition coefficient (Wildman–Crippen LogP) is 7.18. The first-order valence-corrected chi connectivity index (χ1v) is 12.2. The molecule has 0 saturated carbocycles. The summed E-state index contributed by atoms with van der Waals surface area (Å²) in [5.41, 5.74) is 0. The van der Waals surface area contributed by atoms with E-state index in [0.29, 0.717) is 0 Å². The molecule has 6 rings (SSSR count). The van der Waals surface area contributed by atoms with Crippen LogP contribution in [0.5, 0.6) is 0 Å². The maximum absolute atomic E-state index is 13.7. The Labute approximate surface area is 191 Å². The van der Waals surface area contributed by atoms with E-state index in [9.17, 15) is 8.78 Å². The summed E-state index contributed by atoms with van der Waals surface area (Å²) >= 11 is 0. The lowest BCUT2D eigenvalue weighted by atomic mass is 9.94. The van der Waals surface area contributed by atoms with Crippen molar-refractivity contribution in [2.45, 2.75) is 0 Å². The van der Waals surface area contributed by atoms with E-state index in [4.69, 9.17) is 0 Å². The van der Waals surface area contributed by atoms with Gasteiger partial charge in [-0.1, -0.05) is 84.9 Å². The molecule has 0 aromatic heterocycles. The summed E-state index contributed by atoms with van der Waals surface area (Å²) in [6, 6.07) is 37.0. The van der Waals surface area contributed by atoms with Crippen LogP contribution in [0.15, 0.2) is 115 Å². The van der Waals surface area contributed by atoms with Crippen molar-refractivity contribution in [3.8, 4) is 0 Å². The van der Waals surface area contributed by atoms with E-state index in [1.165, 1.54) is 56.6 Å². The van der Waals surface area contributed by atoms with Gasteiger partial charge in [0, 0.05) is 0 Å². The van der Waals surface area contributed by atoms with Crippen molar-refractivity contribution in [2.24, 2.45) is 0 Å². The second-order valence-electron chi connectivity index (χ2n) is 8.11. The molecule has 0 radical (unpaired) electrons. The summed E-state index contributed by atoms with van der Waals surface area (Å²) in [6.45, 7) is 0. The zero-order valence-electron chi connectivity index (χ0n) is 17.7. The predicted molar refractivity (Wildman–Crippen MR) is 138 cm³/mol. The molecule has 0 N–H and O–H groups in total. The van der Waals surface area contributed by atoms with Gasteiger partial charge in [-0.15, -0.1) is 0 Å². The molecule has 0 nitrogen and oxygen atoms in total. The van der Waals surface area contributed by atoms with Crippen LogP contribution < -0.4 is 15.9 Å². The summed E-state index contributed by atoms with van der Waals surface area (Å²) < 4.78 is 27.4. The number of rotatable bonds is 3. The minimum atomic E-state index is -0.976. The monoisotopic (exact) mass is 448 g/mol. The highest BCUT2D eigenvalue weighted by Gasteiger charge is 2.18. The van der Waals surface area contributed by atoms with Crippen molar-refractivity contribution in [1.29, 1.82) is 0 Å². The van der Waals surface area contributed by atoms with Crippen LogP contribution in [-0.4, -0.2) is 0 Å². The van der Waals surface area contributed by atoms with Gasteiger partial charge in [0.1, 0.15) is 11.6 Å². The normalized spacial score (nSPS) is 11.6. The second kappa shape index (κ2) is 8.06. The van der Waals surface area contributed by atoms with E-state index in [0.717, 1.165) is 15.9 Å². The fourth-order valence-electron chi connectivity index (χ4n) is 4.66. The number of halogens is 2. The highest BCUT2D eigenvalue weighted by molar-refractivity contribution is 7.79. The van der Waals surface area contributed by atoms with E-state index < -0.39 is 7.92 Å². The van der Waals surface area contributed by atoms with Gasteiger partial charge in [0.2, 0.25) is 0 Å². The van der Waals surface area contributed by atoms with E-state index in [1.807, 2.05) is 24.3 Å². The van der Waals surface area contributed by atoms with E-state index in [2.05, 4.69) is 66.7 Å². The molecule has 0 fully saturated rings. The molecule has 158 valence electrons. The highest BCUT2D eigenvalue weighted by atomic mass is 31.1. The topological polar surface area (TPSA) is 0 Å². The van der Waals surface area contributed by atoms with Gasteiger partial charge in [0.15, 0.2) is 0 Å². The SMILES string of the molecule is Fc1ccc(P(c2ccc(F)cc2)c2ccc3c4ccccc4c4ccccc4c3c2)cc1. The van der Waals surface area contributed by atoms with Gasteiger partial charge < -0.3 is 0 Å². The average Bonchev–Trinajstić information content (AvgIpc) is 2.87. The number of fused-ring (bicyclic) bond motifs is 6. The summed E-state index contributed by atoms with van der Waals surface area (Å²) in [7, 11) is -0.976. The van der Waals surface area contributed by atoms with Gasteiger partial charge >= 0.3 is 0 Å². The van der Waals surface area contributed by atoms with Gasteiger partial charge in [-0.3, -0.25) is 0 Å². The van der Waals surface area contributed by atoms with Crippen LogP contribution in [-0.2, 0) is 0 Å². The van der Waals surface area contributed by atoms with Crippen molar-refractivity contribution in [3.63, 3.8) is 0 Å². The van der Waals surface area contributed by atoms with E-state index >= 15 is 0 Å². The van der Waals surface area contributed by atoms with Gasteiger partial charge in [-0.25, -0.2) is 8.78 Å². The first-order chi connectivity index (χ1) is 16.2. The first kappa shape index (κ1) is 20.0. The fourth-order valence-corrected chi connectivity index (χ4v) is 6.93. The van der Waals surface area contributed by atoms with Crippen LogP contribution in [0.2, 0.25) is 0 Å².